The third-order valence-electron chi connectivity index (χ3n) is 6.69. The Kier molecular flexibility index (Phi) is 6.88. The van der Waals surface area contributed by atoms with Crippen LogP contribution in [0.2, 0.25) is 0 Å². The highest BCUT2D eigenvalue weighted by molar-refractivity contribution is 6.17. The second-order valence-electron chi connectivity index (χ2n) is 9.12. The number of ether oxygens (including phenoxy) is 3. The number of amides is 3. The second-order valence-corrected chi connectivity index (χ2v) is 9.12. The molecule has 0 spiro atoms. The molecular formula is C28H26N4O7. The highest BCUT2D eigenvalue weighted by Gasteiger charge is 2.60. The van der Waals surface area contributed by atoms with Crippen LogP contribution >= 0.6 is 0 Å². The third kappa shape index (κ3) is 4.86. The number of benzene rings is 3. The van der Waals surface area contributed by atoms with Gasteiger partial charge in [-0.15, -0.1) is 0 Å². The van der Waals surface area contributed by atoms with Gasteiger partial charge in [0.15, 0.2) is 0 Å². The van der Waals surface area contributed by atoms with Gasteiger partial charge in [0.05, 0.1) is 20.3 Å². The Morgan fingerprint density at radius 1 is 0.949 bits per heavy atom. The Bertz CT molecular complexity index is 1520. The number of rotatable bonds is 9. The van der Waals surface area contributed by atoms with Gasteiger partial charge in [-0.3, -0.25) is 9.59 Å². The van der Waals surface area contributed by atoms with E-state index in [1.807, 2.05) is 6.07 Å². The van der Waals surface area contributed by atoms with Gasteiger partial charge in [0.25, 0.3) is 17.4 Å². The predicted molar refractivity (Wildman–Crippen MR) is 138 cm³/mol. The van der Waals surface area contributed by atoms with Crippen LogP contribution in [-0.2, 0) is 27.3 Å². The van der Waals surface area contributed by atoms with Crippen LogP contribution < -0.4 is 14.8 Å². The number of methoxy groups -OCH3 is 2. The van der Waals surface area contributed by atoms with Gasteiger partial charge < -0.3 is 19.5 Å². The van der Waals surface area contributed by atoms with Crippen molar-refractivity contribution in [2.45, 2.75) is 31.5 Å². The van der Waals surface area contributed by atoms with Gasteiger partial charge >= 0.3 is 6.09 Å². The first kappa shape index (κ1) is 25.7. The van der Waals surface area contributed by atoms with Gasteiger partial charge in [-0.1, -0.05) is 36.4 Å². The quantitative estimate of drug-likeness (QED) is 0.322. The van der Waals surface area contributed by atoms with Gasteiger partial charge in [-0.2, -0.15) is 0 Å². The molecule has 0 radical (unpaired) electrons. The van der Waals surface area contributed by atoms with Gasteiger partial charge in [0, 0.05) is 19.0 Å². The van der Waals surface area contributed by atoms with Crippen LogP contribution in [0.5, 0.6) is 11.5 Å². The molecule has 3 aromatic carbocycles. The lowest BCUT2D eigenvalue weighted by molar-refractivity contribution is -0.150. The zero-order chi connectivity index (χ0) is 27.6. The molecule has 0 bridgehead atoms. The molecular weight excluding hydrogens is 504 g/mol. The summed E-state index contributed by atoms with van der Waals surface area (Å²) in [5.41, 5.74) is 0.727. The van der Waals surface area contributed by atoms with Gasteiger partial charge in [0.1, 0.15) is 22.5 Å². The van der Waals surface area contributed by atoms with Crippen molar-refractivity contribution < 1.29 is 33.2 Å². The van der Waals surface area contributed by atoms with Crippen LogP contribution in [0.1, 0.15) is 29.7 Å². The van der Waals surface area contributed by atoms with Crippen molar-refractivity contribution in [3.63, 3.8) is 0 Å². The average Bonchev–Trinajstić information content (AvgIpc) is 3.53. The summed E-state index contributed by atoms with van der Waals surface area (Å²) in [5, 5.41) is 10.4. The minimum Gasteiger partial charge on any atom is -0.497 e. The molecule has 11 nitrogen and oxygen atoms in total. The Morgan fingerprint density at radius 3 is 2.33 bits per heavy atom. The van der Waals surface area contributed by atoms with E-state index >= 15 is 0 Å². The van der Waals surface area contributed by atoms with Crippen molar-refractivity contribution in [2.75, 3.05) is 14.2 Å². The lowest BCUT2D eigenvalue weighted by Crippen LogP contribution is -2.55. The smallest absolute Gasteiger partial charge is 0.418 e. The molecule has 11 heteroatoms. The van der Waals surface area contributed by atoms with Gasteiger partial charge in [-0.05, 0) is 58.2 Å². The SMILES string of the molecule is COc1cc(CNC(=O)[C@@]2(Cc3ccc4nonc4c3)OC(=O)N([C@H](C)c3ccccc3)C2=O)cc(OC)c1. The standard InChI is InChI=1S/C28H26N4O7/c1-17(20-7-5-4-6-8-20)32-26(34)28(38-27(32)35,15-18-9-10-23-24(13-18)31-39-30-23)25(33)29-16-19-11-21(36-2)14-22(12-19)37-3/h4-14,17H,15-16H2,1-3H3,(H,29,33)/t17-,28-/m1/s1. The molecule has 5 rings (SSSR count). The molecule has 4 aromatic rings. The van der Waals surface area contributed by atoms with Crippen molar-refractivity contribution in [3.05, 3.63) is 83.4 Å². The monoisotopic (exact) mass is 530 g/mol. The molecule has 0 unspecified atom stereocenters. The fourth-order valence-corrected chi connectivity index (χ4v) is 4.59. The largest absolute Gasteiger partial charge is 0.497 e. The second kappa shape index (κ2) is 10.4. The molecule has 0 saturated carbocycles. The van der Waals surface area contributed by atoms with E-state index in [2.05, 4.69) is 15.6 Å². The van der Waals surface area contributed by atoms with Crippen LogP contribution in [-0.4, -0.2) is 52.9 Å². The zero-order valence-electron chi connectivity index (χ0n) is 21.5. The number of nitrogens with one attached hydrogen (secondary N) is 1. The molecule has 3 amide bonds. The average molecular weight is 531 g/mol. The van der Waals surface area contributed by atoms with Crippen molar-refractivity contribution in [3.8, 4) is 11.5 Å². The molecule has 39 heavy (non-hydrogen) atoms. The zero-order valence-corrected chi connectivity index (χ0v) is 21.5. The summed E-state index contributed by atoms with van der Waals surface area (Å²) in [5.74, 6) is -0.449. The number of cyclic esters (lactones) is 1. The highest BCUT2D eigenvalue weighted by atomic mass is 16.6. The number of nitrogens with zero attached hydrogens (tertiary/aromatic N) is 3. The number of hydrogen-bond acceptors (Lipinski definition) is 9. The lowest BCUT2D eigenvalue weighted by atomic mass is 9.91. The molecule has 1 aliphatic rings. The van der Waals surface area contributed by atoms with E-state index in [1.165, 1.54) is 14.2 Å². The van der Waals surface area contributed by atoms with Crippen LogP contribution in [0.25, 0.3) is 11.0 Å². The number of aromatic nitrogens is 2. The summed E-state index contributed by atoms with van der Waals surface area (Å²) in [6, 6.07) is 18.5. The molecule has 200 valence electrons. The maximum atomic E-state index is 14.0. The fourth-order valence-electron chi connectivity index (χ4n) is 4.59. The number of carbonyl (C=O) groups is 3. The summed E-state index contributed by atoms with van der Waals surface area (Å²) in [7, 11) is 3.04. The number of hydrogen-bond donors (Lipinski definition) is 1. The summed E-state index contributed by atoms with van der Waals surface area (Å²) in [4.78, 5) is 41.9. The number of carbonyl (C=O) groups excluding carboxylic acids is 3. The van der Waals surface area contributed by atoms with Crippen molar-refractivity contribution in [2.24, 2.45) is 0 Å². The Balaban J connectivity index is 1.48. The molecule has 2 atom stereocenters. The Labute approximate surface area is 223 Å². The molecule has 1 aromatic heterocycles. The lowest BCUT2D eigenvalue weighted by Gasteiger charge is -2.26. The van der Waals surface area contributed by atoms with E-state index in [-0.39, 0.29) is 13.0 Å². The molecule has 2 heterocycles. The fraction of sp³-hybridized carbons (Fsp3) is 0.250. The normalized spacial score (nSPS) is 17.7. The molecule has 1 aliphatic heterocycles. The van der Waals surface area contributed by atoms with E-state index in [9.17, 15) is 14.4 Å². The summed E-state index contributed by atoms with van der Waals surface area (Å²) < 4.78 is 21.0. The highest BCUT2D eigenvalue weighted by Crippen LogP contribution is 2.35. The topological polar surface area (TPSA) is 133 Å². The summed E-state index contributed by atoms with van der Waals surface area (Å²) in [6.45, 7) is 1.73. The van der Waals surface area contributed by atoms with Crippen molar-refractivity contribution in [1.82, 2.24) is 20.5 Å². The number of imide groups is 1. The van der Waals surface area contributed by atoms with Gasteiger partial charge in [0.2, 0.25) is 0 Å². The molecule has 1 saturated heterocycles. The maximum absolute atomic E-state index is 14.0. The van der Waals surface area contributed by atoms with Crippen molar-refractivity contribution >= 4 is 28.9 Å². The Morgan fingerprint density at radius 2 is 1.64 bits per heavy atom. The molecule has 0 aliphatic carbocycles. The third-order valence-corrected chi connectivity index (χ3v) is 6.69. The predicted octanol–water partition coefficient (Wildman–Crippen LogP) is 3.58. The minimum absolute atomic E-state index is 0.0272. The maximum Gasteiger partial charge on any atom is 0.418 e. The Hall–Kier alpha value is -4.93. The van der Waals surface area contributed by atoms with Crippen molar-refractivity contribution in [1.29, 1.82) is 0 Å². The van der Waals surface area contributed by atoms with E-state index < -0.39 is 29.6 Å². The molecule has 1 N–H and O–H groups in total. The first-order valence-electron chi connectivity index (χ1n) is 12.2. The summed E-state index contributed by atoms with van der Waals surface area (Å²) >= 11 is 0. The first-order chi connectivity index (χ1) is 18.8. The molecule has 1 fully saturated rings. The van der Waals surface area contributed by atoms with Crippen LogP contribution in [0.15, 0.2) is 71.4 Å². The van der Waals surface area contributed by atoms with E-state index in [0.717, 1.165) is 10.5 Å². The van der Waals surface area contributed by atoms with E-state index in [4.69, 9.17) is 18.8 Å². The van der Waals surface area contributed by atoms with Crippen LogP contribution in [0.3, 0.4) is 0 Å². The van der Waals surface area contributed by atoms with E-state index in [0.29, 0.717) is 33.7 Å². The first-order valence-corrected chi connectivity index (χ1v) is 12.2. The van der Waals surface area contributed by atoms with E-state index in [1.54, 1.807) is 67.6 Å². The minimum atomic E-state index is -2.14. The number of fused-ring (bicyclic) bond motifs is 1. The van der Waals surface area contributed by atoms with Crippen LogP contribution in [0, 0.1) is 0 Å². The van der Waals surface area contributed by atoms with Crippen LogP contribution in [0.4, 0.5) is 4.79 Å². The van der Waals surface area contributed by atoms with Gasteiger partial charge in [-0.25, -0.2) is 14.3 Å². The summed E-state index contributed by atoms with van der Waals surface area (Å²) in [6.07, 6.45) is -1.12.